The lowest BCUT2D eigenvalue weighted by atomic mass is 9.96. The summed E-state index contributed by atoms with van der Waals surface area (Å²) < 4.78 is 11.7. The molecule has 2 rings (SSSR count). The van der Waals surface area contributed by atoms with Crippen molar-refractivity contribution in [1.29, 1.82) is 0 Å². The molecule has 160 valence electrons. The molecule has 29 heavy (non-hydrogen) atoms. The highest BCUT2D eigenvalue weighted by Crippen LogP contribution is 2.28. The predicted octanol–water partition coefficient (Wildman–Crippen LogP) is 4.37. The fourth-order valence-electron chi connectivity index (χ4n) is 3.53. The van der Waals surface area contributed by atoms with Crippen LogP contribution in [0.4, 0.5) is 0 Å². The minimum absolute atomic E-state index is 0.0772. The maximum absolute atomic E-state index is 13.3. The summed E-state index contributed by atoms with van der Waals surface area (Å²) in [7, 11) is 0. The molecular formula is C24H36N2O3. The van der Waals surface area contributed by atoms with Gasteiger partial charge in [0.25, 0.3) is 0 Å². The summed E-state index contributed by atoms with van der Waals surface area (Å²) in [5, 5.41) is 0. The molecule has 0 aromatic heterocycles. The van der Waals surface area contributed by atoms with Crippen molar-refractivity contribution < 1.29 is 14.3 Å². The van der Waals surface area contributed by atoms with E-state index in [2.05, 4.69) is 11.8 Å². The van der Waals surface area contributed by atoms with Crippen molar-refractivity contribution in [2.45, 2.75) is 59.5 Å². The highest BCUT2D eigenvalue weighted by Gasteiger charge is 2.34. The average Bonchev–Trinajstić information content (AvgIpc) is 3.16. The fourth-order valence-corrected chi connectivity index (χ4v) is 3.53. The number of nitrogens with zero attached hydrogens (tertiary/aromatic N) is 1. The van der Waals surface area contributed by atoms with Crippen LogP contribution in [0.3, 0.4) is 0 Å². The van der Waals surface area contributed by atoms with Gasteiger partial charge in [0.05, 0.1) is 11.6 Å². The van der Waals surface area contributed by atoms with Crippen molar-refractivity contribution in [1.82, 2.24) is 4.90 Å². The highest BCUT2D eigenvalue weighted by atomic mass is 16.5. The van der Waals surface area contributed by atoms with E-state index in [0.29, 0.717) is 30.3 Å². The molecule has 0 bridgehead atoms. The molecule has 1 aromatic rings. The molecule has 5 heteroatoms. The number of benzene rings is 1. The molecular weight excluding hydrogens is 364 g/mol. The van der Waals surface area contributed by atoms with E-state index in [9.17, 15) is 4.79 Å². The van der Waals surface area contributed by atoms with E-state index in [1.54, 1.807) is 6.07 Å². The van der Waals surface area contributed by atoms with Gasteiger partial charge in [-0.3, -0.25) is 9.69 Å². The molecule has 2 N–H and O–H groups in total. The summed E-state index contributed by atoms with van der Waals surface area (Å²) in [4.78, 5) is 15.6. The topological polar surface area (TPSA) is 64.8 Å². The van der Waals surface area contributed by atoms with Crippen LogP contribution >= 0.6 is 0 Å². The van der Waals surface area contributed by atoms with Crippen LogP contribution in [0.5, 0.6) is 11.5 Å². The highest BCUT2D eigenvalue weighted by molar-refractivity contribution is 6.03. The Morgan fingerprint density at radius 1 is 1.17 bits per heavy atom. The first-order chi connectivity index (χ1) is 13.8. The van der Waals surface area contributed by atoms with E-state index in [1.165, 1.54) is 11.1 Å². The predicted molar refractivity (Wildman–Crippen MR) is 119 cm³/mol. The summed E-state index contributed by atoms with van der Waals surface area (Å²) >= 11 is 0. The molecule has 1 aliphatic rings. The number of hydrogen-bond acceptors (Lipinski definition) is 5. The third-order valence-corrected chi connectivity index (χ3v) is 5.23. The number of carbonyl (C=O) groups is 1. The summed E-state index contributed by atoms with van der Waals surface area (Å²) in [5.74, 6) is 1.11. The van der Waals surface area contributed by atoms with Gasteiger partial charge in [0.2, 0.25) is 0 Å². The first-order valence-electron chi connectivity index (χ1n) is 10.5. The molecule has 1 heterocycles. The number of nitrogens with two attached hydrogens (primary N) is 1. The molecule has 2 atom stereocenters. The van der Waals surface area contributed by atoms with Crippen molar-refractivity contribution in [2.75, 3.05) is 26.3 Å². The minimum atomic E-state index is -0.573. The molecule has 1 fully saturated rings. The second-order valence-electron chi connectivity index (χ2n) is 8.07. The van der Waals surface area contributed by atoms with Gasteiger partial charge in [0.15, 0.2) is 5.78 Å². The summed E-state index contributed by atoms with van der Waals surface area (Å²) in [6, 6.07) is 4.92. The van der Waals surface area contributed by atoms with Gasteiger partial charge in [0.1, 0.15) is 24.7 Å². The monoisotopic (exact) mass is 400 g/mol. The van der Waals surface area contributed by atoms with E-state index in [4.69, 9.17) is 15.2 Å². The van der Waals surface area contributed by atoms with Crippen LogP contribution in [-0.2, 0) is 0 Å². The minimum Gasteiger partial charge on any atom is -0.490 e. The molecule has 0 amide bonds. The van der Waals surface area contributed by atoms with Crippen molar-refractivity contribution in [3.05, 3.63) is 47.1 Å². The van der Waals surface area contributed by atoms with Gasteiger partial charge in [-0.15, -0.1) is 0 Å². The van der Waals surface area contributed by atoms with E-state index in [0.717, 1.165) is 25.9 Å². The number of ketones is 1. The van der Waals surface area contributed by atoms with Crippen LogP contribution in [0, 0.1) is 0 Å². The Labute approximate surface area is 175 Å². The normalized spacial score (nSPS) is 17.5. The lowest BCUT2D eigenvalue weighted by Crippen LogP contribution is -2.48. The molecule has 0 aliphatic carbocycles. The fraction of sp³-hybridized carbons (Fsp3) is 0.542. The maximum atomic E-state index is 13.3. The lowest BCUT2D eigenvalue weighted by molar-refractivity contribution is 0.0904. The van der Waals surface area contributed by atoms with Crippen molar-refractivity contribution in [2.24, 2.45) is 5.73 Å². The molecule has 5 nitrogen and oxygen atoms in total. The zero-order chi connectivity index (χ0) is 21.4. The molecule has 0 spiro atoms. The second kappa shape index (κ2) is 11.2. The smallest absolute Gasteiger partial charge is 0.184 e. The zero-order valence-electron chi connectivity index (χ0n) is 18.5. The van der Waals surface area contributed by atoms with Crippen LogP contribution in [0.2, 0.25) is 0 Å². The van der Waals surface area contributed by atoms with Crippen molar-refractivity contribution >= 4 is 5.78 Å². The Hall–Kier alpha value is -2.11. The molecule has 1 aromatic carbocycles. The quantitative estimate of drug-likeness (QED) is 0.467. The molecule has 0 saturated carbocycles. The van der Waals surface area contributed by atoms with Crippen molar-refractivity contribution in [3.8, 4) is 11.5 Å². The van der Waals surface area contributed by atoms with Crippen LogP contribution < -0.4 is 15.2 Å². The Morgan fingerprint density at radius 3 is 2.45 bits per heavy atom. The number of allylic oxidation sites excluding steroid dienone is 2. The summed E-state index contributed by atoms with van der Waals surface area (Å²) in [6.45, 7) is 13.0. The lowest BCUT2D eigenvalue weighted by Gasteiger charge is -2.28. The van der Waals surface area contributed by atoms with Crippen molar-refractivity contribution in [3.63, 3.8) is 0 Å². The number of carbonyl (C=O) groups excluding carboxylic acids is 1. The average molecular weight is 401 g/mol. The van der Waals surface area contributed by atoms with Gasteiger partial charge in [-0.25, -0.2) is 0 Å². The van der Waals surface area contributed by atoms with Gasteiger partial charge in [-0.2, -0.15) is 0 Å². The summed E-state index contributed by atoms with van der Waals surface area (Å²) in [6.07, 6.45) is 6.02. The second-order valence-corrected chi connectivity index (χ2v) is 8.07. The molecule has 0 radical (unpaired) electrons. The molecule has 1 saturated heterocycles. The van der Waals surface area contributed by atoms with E-state index >= 15 is 0 Å². The Bertz CT molecular complexity index is 746. The Kier molecular flexibility index (Phi) is 8.93. The number of Topliss-reactive ketones (excluding diaryl/α,β-unsaturated/α-hetero) is 1. The standard InChI is InChI=1S/C24H36N2O3/c1-6-26-13-7-8-21(26)23(25)24(27)20-16-19(28-14-11-17(2)3)9-10-22(20)29-15-12-18(4)5/h9-12,16,21,23H,6-8,13-15,25H2,1-5H3. The summed E-state index contributed by atoms with van der Waals surface area (Å²) in [5.41, 5.74) is 9.30. The van der Waals surface area contributed by atoms with Gasteiger partial charge in [0, 0.05) is 6.04 Å². The third-order valence-electron chi connectivity index (χ3n) is 5.23. The van der Waals surface area contributed by atoms with Gasteiger partial charge in [-0.1, -0.05) is 18.1 Å². The van der Waals surface area contributed by atoms with Crippen LogP contribution in [0.15, 0.2) is 41.5 Å². The number of rotatable bonds is 10. The van der Waals surface area contributed by atoms with Crippen LogP contribution in [0.25, 0.3) is 0 Å². The third kappa shape index (κ3) is 6.72. The first kappa shape index (κ1) is 23.2. The molecule has 1 aliphatic heterocycles. The first-order valence-corrected chi connectivity index (χ1v) is 10.5. The largest absolute Gasteiger partial charge is 0.490 e. The molecule has 2 unspecified atom stereocenters. The SMILES string of the molecule is CCN1CCCC1C(N)C(=O)c1cc(OCC=C(C)C)ccc1OCC=C(C)C. The van der Waals surface area contributed by atoms with Gasteiger partial charge in [-0.05, 0) is 84.0 Å². The van der Waals surface area contributed by atoms with E-state index in [1.807, 2.05) is 52.0 Å². The maximum Gasteiger partial charge on any atom is 0.184 e. The number of hydrogen-bond donors (Lipinski definition) is 1. The Balaban J connectivity index is 2.26. The van der Waals surface area contributed by atoms with Gasteiger partial charge >= 0.3 is 0 Å². The van der Waals surface area contributed by atoms with E-state index in [-0.39, 0.29) is 11.8 Å². The zero-order valence-corrected chi connectivity index (χ0v) is 18.5. The van der Waals surface area contributed by atoms with Crippen LogP contribution in [-0.4, -0.2) is 49.1 Å². The number of likely N-dealkylation sites (N-methyl/N-ethyl adjacent to an activating group) is 1. The number of likely N-dealkylation sites (tertiary alicyclic amines) is 1. The Morgan fingerprint density at radius 2 is 1.83 bits per heavy atom. The van der Waals surface area contributed by atoms with Gasteiger partial charge < -0.3 is 15.2 Å². The van der Waals surface area contributed by atoms with Crippen LogP contribution in [0.1, 0.15) is 57.8 Å². The number of ether oxygens (including phenoxy) is 2. The van der Waals surface area contributed by atoms with E-state index < -0.39 is 6.04 Å².